The second kappa shape index (κ2) is 5.89. The van der Waals surface area contributed by atoms with Crippen molar-refractivity contribution >= 4 is 26.4 Å². The number of sulfone groups is 1. The van der Waals surface area contributed by atoms with Crippen LogP contribution in [0.5, 0.6) is 0 Å². The van der Waals surface area contributed by atoms with E-state index in [1.807, 2.05) is 0 Å². The van der Waals surface area contributed by atoms with Crippen LogP contribution in [0.2, 0.25) is 0 Å². The molecule has 0 radical (unpaired) electrons. The highest BCUT2D eigenvalue weighted by atomic mass is 32.3. The summed E-state index contributed by atoms with van der Waals surface area (Å²) in [4.78, 5) is 12.0. The zero-order valence-electron chi connectivity index (χ0n) is 12.7. The fraction of sp³-hybridized carbons (Fsp3) is 0.188. The maximum absolute atomic E-state index is 13.1. The Morgan fingerprint density at radius 3 is 2.46 bits per heavy atom. The molecule has 2 aromatic carbocycles. The Morgan fingerprint density at radius 2 is 1.75 bits per heavy atom. The largest absolute Gasteiger partial charge is 0.465 e. The first-order chi connectivity index (χ1) is 11.3. The molecule has 0 aromatic heterocycles. The van der Waals surface area contributed by atoms with Crippen molar-refractivity contribution in [2.24, 2.45) is 0 Å². The summed E-state index contributed by atoms with van der Waals surface area (Å²) in [7, 11) is -6.01. The number of benzene rings is 2. The molecule has 3 rings (SSSR count). The molecule has 24 heavy (non-hydrogen) atoms. The van der Waals surface area contributed by atoms with Crippen molar-refractivity contribution in [3.05, 3.63) is 59.7 Å². The zero-order chi connectivity index (χ0) is 17.5. The highest BCUT2D eigenvalue weighted by Gasteiger charge is 2.43. The number of ether oxygens (including phenoxy) is 1. The van der Waals surface area contributed by atoms with E-state index in [1.165, 1.54) is 31.4 Å². The van der Waals surface area contributed by atoms with Gasteiger partial charge in [0.2, 0.25) is 0 Å². The molecule has 1 unspecified atom stereocenters. The molecule has 2 N–H and O–H groups in total. The summed E-state index contributed by atoms with van der Waals surface area (Å²) >= 11 is 0. The van der Waals surface area contributed by atoms with Gasteiger partial charge in [-0.05, 0) is 23.8 Å². The van der Waals surface area contributed by atoms with Crippen molar-refractivity contribution in [1.82, 2.24) is 0 Å². The first kappa shape index (κ1) is 17.0. The summed E-state index contributed by atoms with van der Waals surface area (Å²) in [6, 6.07) is 12.1. The lowest BCUT2D eigenvalue weighted by Gasteiger charge is -2.27. The molecule has 2 aromatic rings. The fourth-order valence-electron chi connectivity index (χ4n) is 2.84. The Balaban J connectivity index is 2.16. The molecular weight excluding hydrogens is 352 g/mol. The average Bonchev–Trinajstić information content (AvgIpc) is 2.87. The second-order valence-corrected chi connectivity index (χ2v) is 9.60. The van der Waals surface area contributed by atoms with Gasteiger partial charge >= 0.3 is 5.97 Å². The maximum atomic E-state index is 13.1. The number of methoxy groups -OCH3 is 1. The summed E-state index contributed by atoms with van der Waals surface area (Å²) in [5.41, 5.74) is 0.290. The third-order valence-corrected chi connectivity index (χ3v) is 8.20. The summed E-state index contributed by atoms with van der Waals surface area (Å²) in [5.74, 6) is -1.07. The molecule has 1 aliphatic rings. The van der Waals surface area contributed by atoms with Crippen LogP contribution in [0.25, 0.3) is 0 Å². The van der Waals surface area contributed by atoms with Crippen molar-refractivity contribution in [1.29, 1.82) is 0 Å². The predicted molar refractivity (Wildman–Crippen MR) is 90.1 cm³/mol. The molecule has 6 nitrogen and oxygen atoms in total. The van der Waals surface area contributed by atoms with Gasteiger partial charge in [0.25, 0.3) is 0 Å². The first-order valence-corrected chi connectivity index (χ1v) is 10.3. The summed E-state index contributed by atoms with van der Waals surface area (Å²) < 4.78 is 51.3. The van der Waals surface area contributed by atoms with Crippen LogP contribution in [-0.2, 0) is 14.6 Å². The van der Waals surface area contributed by atoms with E-state index in [0.29, 0.717) is 5.56 Å². The van der Waals surface area contributed by atoms with Crippen molar-refractivity contribution < 1.29 is 27.1 Å². The molecule has 1 aliphatic heterocycles. The second-order valence-electron chi connectivity index (χ2n) is 5.39. The van der Waals surface area contributed by atoms with Crippen LogP contribution in [0, 0.1) is 0 Å². The highest BCUT2D eigenvalue weighted by molar-refractivity contribution is 8.25. The van der Waals surface area contributed by atoms with E-state index in [2.05, 4.69) is 4.74 Å². The summed E-state index contributed by atoms with van der Waals surface area (Å²) in [6.07, 6.45) is 0. The third-order valence-electron chi connectivity index (χ3n) is 3.98. The average molecular weight is 368 g/mol. The van der Waals surface area contributed by atoms with Gasteiger partial charge in [-0.3, -0.25) is 9.11 Å². The van der Waals surface area contributed by atoms with Gasteiger partial charge in [-0.25, -0.2) is 13.2 Å². The minimum Gasteiger partial charge on any atom is -0.465 e. The number of carbonyl (C=O) groups is 1. The van der Waals surface area contributed by atoms with E-state index in [1.54, 1.807) is 24.3 Å². The Hall–Kier alpha value is -1.87. The normalized spacial score (nSPS) is 20.2. The Bertz CT molecular complexity index is 904. The molecule has 128 valence electrons. The van der Waals surface area contributed by atoms with Crippen LogP contribution in [0.1, 0.15) is 21.2 Å². The number of fused-ring (bicyclic) bond motifs is 1. The van der Waals surface area contributed by atoms with Gasteiger partial charge in [0.1, 0.15) is 5.25 Å². The number of esters is 1. The van der Waals surface area contributed by atoms with Crippen LogP contribution in [0.4, 0.5) is 0 Å². The SMILES string of the molecule is COC(=O)c1ccccc1S(=O)(=O)C1CS(O)(O)c2ccccc21. The van der Waals surface area contributed by atoms with Gasteiger partial charge in [-0.2, -0.15) is 10.6 Å². The molecule has 0 saturated heterocycles. The minimum atomic E-state index is -4.01. The van der Waals surface area contributed by atoms with E-state index in [4.69, 9.17) is 0 Å². The Morgan fingerprint density at radius 1 is 1.12 bits per heavy atom. The fourth-order valence-corrected chi connectivity index (χ4v) is 7.44. The van der Waals surface area contributed by atoms with Crippen molar-refractivity contribution in [2.45, 2.75) is 15.0 Å². The van der Waals surface area contributed by atoms with Gasteiger partial charge in [0.05, 0.1) is 28.2 Å². The van der Waals surface area contributed by atoms with E-state index in [-0.39, 0.29) is 21.1 Å². The summed E-state index contributed by atoms with van der Waals surface area (Å²) in [6.45, 7) is 0. The molecule has 1 atom stereocenters. The molecule has 0 fully saturated rings. The van der Waals surface area contributed by atoms with Gasteiger partial charge in [0, 0.05) is 0 Å². The van der Waals surface area contributed by atoms with E-state index in [0.717, 1.165) is 0 Å². The first-order valence-electron chi connectivity index (χ1n) is 7.05. The van der Waals surface area contributed by atoms with E-state index < -0.39 is 31.6 Å². The maximum Gasteiger partial charge on any atom is 0.339 e. The van der Waals surface area contributed by atoms with Crippen molar-refractivity contribution in [2.75, 3.05) is 12.9 Å². The van der Waals surface area contributed by atoms with Gasteiger partial charge in [-0.1, -0.05) is 30.3 Å². The lowest BCUT2D eigenvalue weighted by Crippen LogP contribution is -2.18. The quantitative estimate of drug-likeness (QED) is 0.807. The molecular formula is C16H16O6S2. The topological polar surface area (TPSA) is 101 Å². The number of hydrogen-bond donors (Lipinski definition) is 2. The minimum absolute atomic E-state index is 0.0686. The lowest BCUT2D eigenvalue weighted by molar-refractivity contribution is 0.0596. The molecule has 0 aliphatic carbocycles. The van der Waals surface area contributed by atoms with Gasteiger partial charge in [-0.15, -0.1) is 0 Å². The monoisotopic (exact) mass is 368 g/mol. The molecule has 8 heteroatoms. The molecule has 0 saturated carbocycles. The molecule has 0 spiro atoms. The predicted octanol–water partition coefficient (Wildman–Crippen LogP) is 3.11. The Labute approximate surface area is 141 Å². The van der Waals surface area contributed by atoms with Crippen LogP contribution in [0.15, 0.2) is 58.3 Å². The van der Waals surface area contributed by atoms with Crippen LogP contribution < -0.4 is 0 Å². The zero-order valence-corrected chi connectivity index (χ0v) is 14.4. The summed E-state index contributed by atoms with van der Waals surface area (Å²) in [5, 5.41) is -1.12. The Kier molecular flexibility index (Phi) is 4.16. The van der Waals surface area contributed by atoms with Crippen LogP contribution in [0.3, 0.4) is 0 Å². The highest BCUT2D eigenvalue weighted by Crippen LogP contribution is 2.61. The third kappa shape index (κ3) is 2.61. The van der Waals surface area contributed by atoms with Gasteiger partial charge in [0.15, 0.2) is 9.84 Å². The molecule has 0 amide bonds. The van der Waals surface area contributed by atoms with E-state index >= 15 is 0 Å². The number of rotatable bonds is 3. The van der Waals surface area contributed by atoms with Gasteiger partial charge < -0.3 is 4.74 Å². The van der Waals surface area contributed by atoms with E-state index in [9.17, 15) is 22.3 Å². The van der Waals surface area contributed by atoms with Crippen molar-refractivity contribution in [3.63, 3.8) is 0 Å². The lowest BCUT2D eigenvalue weighted by atomic mass is 10.2. The number of hydrogen-bond acceptors (Lipinski definition) is 6. The molecule has 0 bridgehead atoms. The van der Waals surface area contributed by atoms with Crippen molar-refractivity contribution in [3.8, 4) is 0 Å². The standard InChI is InChI=1S/C16H16O6S2/c1-22-16(17)12-7-3-5-9-14(12)24(20,21)15-10-23(18,19)13-8-4-2-6-11(13)15/h2-9,15,18-19H,10H2,1H3. The molecule has 1 heterocycles. The van der Waals surface area contributed by atoms with Crippen LogP contribution >= 0.6 is 10.6 Å². The van der Waals surface area contributed by atoms with Crippen LogP contribution in [-0.4, -0.2) is 36.4 Å². The number of carbonyl (C=O) groups excluding carboxylic acids is 1. The smallest absolute Gasteiger partial charge is 0.339 e.